The molecule has 100 valence electrons. The van der Waals surface area contributed by atoms with Crippen LogP contribution in [0.4, 0.5) is 0 Å². The molecule has 1 saturated heterocycles. The fraction of sp³-hybridized carbons (Fsp3) is 0.571. The summed E-state index contributed by atoms with van der Waals surface area (Å²) in [6, 6.07) is 5.09. The van der Waals surface area contributed by atoms with Gasteiger partial charge in [0.1, 0.15) is 11.5 Å². The van der Waals surface area contributed by atoms with Crippen LogP contribution in [0.15, 0.2) is 18.2 Å². The van der Waals surface area contributed by atoms with E-state index < -0.39 is 0 Å². The van der Waals surface area contributed by atoms with Gasteiger partial charge in [0.05, 0.1) is 0 Å². The summed E-state index contributed by atoms with van der Waals surface area (Å²) >= 11 is 0. The average Bonchev–Trinajstić information content (AvgIpc) is 2.35. The Hall–Kier alpha value is -1.26. The zero-order valence-electron chi connectivity index (χ0n) is 10.8. The molecule has 18 heavy (non-hydrogen) atoms. The van der Waals surface area contributed by atoms with Crippen molar-refractivity contribution in [3.8, 4) is 11.5 Å². The van der Waals surface area contributed by atoms with Crippen LogP contribution in [0, 0.1) is 5.92 Å². The van der Waals surface area contributed by atoms with Gasteiger partial charge >= 0.3 is 0 Å². The van der Waals surface area contributed by atoms with Crippen LogP contribution in [-0.2, 0) is 6.54 Å². The van der Waals surface area contributed by atoms with E-state index in [9.17, 15) is 10.2 Å². The number of hydrogen-bond donors (Lipinski definition) is 3. The number of phenolic OH excluding ortho intramolecular Hbond substituents is 2. The van der Waals surface area contributed by atoms with Crippen LogP contribution in [0.5, 0.6) is 11.5 Å². The van der Waals surface area contributed by atoms with Crippen molar-refractivity contribution in [2.75, 3.05) is 13.1 Å². The molecular formula is C14H22N2O2. The van der Waals surface area contributed by atoms with E-state index >= 15 is 0 Å². The summed E-state index contributed by atoms with van der Waals surface area (Å²) in [7, 11) is 0. The molecule has 1 aromatic rings. The Balaban J connectivity index is 2.01. The largest absolute Gasteiger partial charge is 0.508 e. The summed E-state index contributed by atoms with van der Waals surface area (Å²) in [5.74, 6) is 0.805. The first-order valence-electron chi connectivity index (χ1n) is 6.59. The highest BCUT2D eigenvalue weighted by molar-refractivity contribution is 5.38. The highest BCUT2D eigenvalue weighted by Gasteiger charge is 2.25. The van der Waals surface area contributed by atoms with Gasteiger partial charge in [-0.05, 0) is 24.9 Å². The predicted molar refractivity (Wildman–Crippen MR) is 71.4 cm³/mol. The van der Waals surface area contributed by atoms with Gasteiger partial charge in [-0.2, -0.15) is 0 Å². The van der Waals surface area contributed by atoms with Crippen molar-refractivity contribution >= 4 is 0 Å². The Morgan fingerprint density at radius 2 is 2.17 bits per heavy atom. The van der Waals surface area contributed by atoms with Crippen molar-refractivity contribution in [2.24, 2.45) is 11.7 Å². The van der Waals surface area contributed by atoms with E-state index in [2.05, 4.69) is 11.8 Å². The van der Waals surface area contributed by atoms with E-state index in [0.717, 1.165) is 38.0 Å². The third-order valence-electron chi connectivity index (χ3n) is 3.86. The molecule has 4 N–H and O–H groups in total. The molecular weight excluding hydrogens is 228 g/mol. The molecule has 1 heterocycles. The van der Waals surface area contributed by atoms with Crippen LogP contribution in [0.25, 0.3) is 0 Å². The number of likely N-dealkylation sites (tertiary alicyclic amines) is 1. The van der Waals surface area contributed by atoms with E-state index in [4.69, 9.17) is 5.73 Å². The standard InChI is InChI=1S/C14H22N2O2/c1-2-10-8-16(6-5-13(10)15)9-11-3-4-12(17)7-14(11)18/h3-4,7,10,13,17-18H,2,5-6,8-9,15H2,1H3. The Kier molecular flexibility index (Phi) is 4.09. The molecule has 1 aromatic carbocycles. The lowest BCUT2D eigenvalue weighted by Crippen LogP contribution is -2.46. The fourth-order valence-electron chi connectivity index (χ4n) is 2.63. The van der Waals surface area contributed by atoms with Gasteiger partial charge in [-0.1, -0.05) is 19.4 Å². The van der Waals surface area contributed by atoms with Crippen molar-refractivity contribution in [3.63, 3.8) is 0 Å². The Bertz CT molecular complexity index is 409. The molecule has 1 fully saturated rings. The van der Waals surface area contributed by atoms with Gasteiger partial charge in [0, 0.05) is 30.8 Å². The summed E-state index contributed by atoms with van der Waals surface area (Å²) < 4.78 is 0. The molecule has 4 heteroatoms. The highest BCUT2D eigenvalue weighted by atomic mass is 16.3. The van der Waals surface area contributed by atoms with Crippen molar-refractivity contribution < 1.29 is 10.2 Å². The smallest absolute Gasteiger partial charge is 0.123 e. The number of nitrogens with zero attached hydrogens (tertiary/aromatic N) is 1. The highest BCUT2D eigenvalue weighted by Crippen LogP contribution is 2.26. The van der Waals surface area contributed by atoms with Gasteiger partial charge in [-0.3, -0.25) is 4.90 Å². The molecule has 0 saturated carbocycles. The van der Waals surface area contributed by atoms with Crippen LogP contribution < -0.4 is 5.73 Å². The molecule has 0 radical (unpaired) electrons. The summed E-state index contributed by atoms with van der Waals surface area (Å²) in [5.41, 5.74) is 6.95. The maximum atomic E-state index is 9.79. The van der Waals surface area contributed by atoms with E-state index in [1.165, 1.54) is 6.07 Å². The monoisotopic (exact) mass is 250 g/mol. The van der Waals surface area contributed by atoms with Gasteiger partial charge in [0.15, 0.2) is 0 Å². The number of piperidine rings is 1. The minimum atomic E-state index is 0.100. The SMILES string of the molecule is CCC1CN(Cc2ccc(O)cc2O)CCC1N. The average molecular weight is 250 g/mol. The van der Waals surface area contributed by atoms with Gasteiger partial charge in [-0.25, -0.2) is 0 Å². The molecule has 0 spiro atoms. The zero-order valence-corrected chi connectivity index (χ0v) is 10.8. The third-order valence-corrected chi connectivity index (χ3v) is 3.86. The molecule has 4 nitrogen and oxygen atoms in total. The van der Waals surface area contributed by atoms with E-state index in [1.54, 1.807) is 12.1 Å². The molecule has 1 aliphatic rings. The number of aromatic hydroxyl groups is 2. The van der Waals surface area contributed by atoms with Gasteiger partial charge in [0.25, 0.3) is 0 Å². The van der Waals surface area contributed by atoms with Gasteiger partial charge in [0.2, 0.25) is 0 Å². The van der Waals surface area contributed by atoms with E-state index in [1.807, 2.05) is 0 Å². The van der Waals surface area contributed by atoms with Crippen molar-refractivity contribution in [1.29, 1.82) is 0 Å². The number of benzene rings is 1. The lowest BCUT2D eigenvalue weighted by atomic mass is 9.90. The Labute approximate surface area is 108 Å². The minimum absolute atomic E-state index is 0.100. The third kappa shape index (κ3) is 2.94. The maximum Gasteiger partial charge on any atom is 0.123 e. The zero-order chi connectivity index (χ0) is 13.1. The molecule has 0 aliphatic carbocycles. The number of hydrogen-bond acceptors (Lipinski definition) is 4. The van der Waals surface area contributed by atoms with Crippen LogP contribution in [0.1, 0.15) is 25.3 Å². The Morgan fingerprint density at radius 1 is 1.39 bits per heavy atom. The first-order chi connectivity index (χ1) is 8.60. The van der Waals surface area contributed by atoms with Crippen molar-refractivity contribution in [1.82, 2.24) is 4.90 Å². The van der Waals surface area contributed by atoms with Gasteiger partial charge < -0.3 is 15.9 Å². The van der Waals surface area contributed by atoms with Gasteiger partial charge in [-0.15, -0.1) is 0 Å². The molecule has 1 aliphatic heterocycles. The molecule has 0 bridgehead atoms. The lowest BCUT2D eigenvalue weighted by Gasteiger charge is -2.36. The Morgan fingerprint density at radius 3 is 2.83 bits per heavy atom. The minimum Gasteiger partial charge on any atom is -0.508 e. The van der Waals surface area contributed by atoms with Crippen molar-refractivity contribution in [2.45, 2.75) is 32.4 Å². The molecule has 0 amide bonds. The maximum absolute atomic E-state index is 9.79. The fourth-order valence-corrected chi connectivity index (χ4v) is 2.63. The number of rotatable bonds is 3. The summed E-state index contributed by atoms with van der Waals surface area (Å²) in [5, 5.41) is 19.1. The van der Waals surface area contributed by atoms with E-state index in [-0.39, 0.29) is 11.5 Å². The van der Waals surface area contributed by atoms with Crippen LogP contribution >= 0.6 is 0 Å². The summed E-state index contributed by atoms with van der Waals surface area (Å²) in [6.07, 6.45) is 2.11. The second-order valence-electron chi connectivity index (χ2n) is 5.17. The molecule has 2 atom stereocenters. The summed E-state index contributed by atoms with van der Waals surface area (Å²) in [4.78, 5) is 2.32. The van der Waals surface area contributed by atoms with E-state index in [0.29, 0.717) is 12.0 Å². The van der Waals surface area contributed by atoms with Crippen molar-refractivity contribution in [3.05, 3.63) is 23.8 Å². The predicted octanol–water partition coefficient (Wildman–Crippen LogP) is 1.66. The second kappa shape index (κ2) is 5.59. The molecule has 0 aromatic heterocycles. The quantitative estimate of drug-likeness (QED) is 0.763. The lowest BCUT2D eigenvalue weighted by molar-refractivity contribution is 0.144. The van der Waals surface area contributed by atoms with Crippen LogP contribution in [-0.4, -0.2) is 34.2 Å². The first kappa shape index (κ1) is 13.2. The topological polar surface area (TPSA) is 69.7 Å². The second-order valence-corrected chi connectivity index (χ2v) is 5.17. The van der Waals surface area contributed by atoms with Crippen LogP contribution in [0.2, 0.25) is 0 Å². The molecule has 2 rings (SSSR count). The number of phenols is 2. The summed E-state index contributed by atoms with van der Waals surface area (Å²) in [6.45, 7) is 4.84. The first-order valence-corrected chi connectivity index (χ1v) is 6.59. The normalized spacial score (nSPS) is 25.2. The molecule has 2 unspecified atom stereocenters. The van der Waals surface area contributed by atoms with Crippen LogP contribution in [0.3, 0.4) is 0 Å². The number of nitrogens with two attached hydrogens (primary N) is 1.